The fraction of sp³-hybridized carbons (Fsp3) is 0.444. The molecule has 0 saturated carbocycles. The zero-order chi connectivity index (χ0) is 19.8. The van der Waals surface area contributed by atoms with Gasteiger partial charge in [-0.1, -0.05) is 11.6 Å². The first kappa shape index (κ1) is 19.7. The lowest BCUT2D eigenvalue weighted by molar-refractivity contribution is -0.166. The van der Waals surface area contributed by atoms with Crippen LogP contribution in [0.2, 0.25) is 5.02 Å². The smallest absolute Gasteiger partial charge is 0.275 e. The monoisotopic (exact) mass is 401 g/mol. The van der Waals surface area contributed by atoms with Crippen molar-refractivity contribution >= 4 is 17.5 Å². The second kappa shape index (κ2) is 7.52. The molecule has 9 heteroatoms. The quantitative estimate of drug-likeness (QED) is 0.854. The van der Waals surface area contributed by atoms with Gasteiger partial charge in [0.25, 0.3) is 12.3 Å². The highest BCUT2D eigenvalue weighted by Crippen LogP contribution is 2.31. The second-order valence-electron chi connectivity index (χ2n) is 6.78. The number of carbonyl (C=O) groups is 1. The Hall–Kier alpha value is -2.06. The number of amides is 1. The van der Waals surface area contributed by atoms with Gasteiger partial charge in [0.05, 0.1) is 10.7 Å². The van der Waals surface area contributed by atoms with Crippen LogP contribution >= 0.6 is 11.6 Å². The van der Waals surface area contributed by atoms with Crippen molar-refractivity contribution in [2.24, 2.45) is 0 Å². The molecule has 1 fully saturated rings. The molecule has 27 heavy (non-hydrogen) atoms. The summed E-state index contributed by atoms with van der Waals surface area (Å²) in [5.74, 6) is -1.50. The summed E-state index contributed by atoms with van der Waals surface area (Å²) in [4.78, 5) is 13.4. The third-order valence-corrected chi connectivity index (χ3v) is 5.18. The van der Waals surface area contributed by atoms with Gasteiger partial charge >= 0.3 is 0 Å². The molecule has 0 aliphatic carbocycles. The van der Waals surface area contributed by atoms with Crippen LogP contribution in [-0.4, -0.2) is 50.8 Å². The van der Waals surface area contributed by atoms with Gasteiger partial charge in [0.1, 0.15) is 5.82 Å². The van der Waals surface area contributed by atoms with E-state index in [0.717, 1.165) is 12.6 Å². The van der Waals surface area contributed by atoms with Crippen LogP contribution in [0.15, 0.2) is 30.5 Å². The van der Waals surface area contributed by atoms with E-state index in [-0.39, 0.29) is 24.0 Å². The van der Waals surface area contributed by atoms with E-state index in [9.17, 15) is 23.1 Å². The second-order valence-corrected chi connectivity index (χ2v) is 7.19. The Balaban J connectivity index is 1.74. The van der Waals surface area contributed by atoms with Crippen molar-refractivity contribution in [1.82, 2.24) is 14.7 Å². The number of aliphatic hydroxyl groups is 1. The van der Waals surface area contributed by atoms with Crippen LogP contribution in [-0.2, 0) is 4.79 Å². The van der Waals surface area contributed by atoms with E-state index < -0.39 is 23.8 Å². The zero-order valence-electron chi connectivity index (χ0n) is 14.6. The van der Waals surface area contributed by atoms with Crippen LogP contribution in [0, 0.1) is 5.82 Å². The highest BCUT2D eigenvalue weighted by Gasteiger charge is 2.44. The average Bonchev–Trinajstić information content (AvgIpc) is 3.13. The number of halogens is 4. The number of nitrogens with zero attached hydrogens (tertiary/aromatic N) is 3. The summed E-state index contributed by atoms with van der Waals surface area (Å²) in [5, 5.41) is 14.0. The molecule has 0 unspecified atom stereocenters. The first-order valence-corrected chi connectivity index (χ1v) is 8.89. The third kappa shape index (κ3) is 3.82. The molecule has 2 heterocycles. The van der Waals surface area contributed by atoms with E-state index in [4.69, 9.17) is 11.6 Å². The normalized spacial score (nSPS) is 18.0. The number of alkyl halides is 2. The topological polar surface area (TPSA) is 58.4 Å². The van der Waals surface area contributed by atoms with E-state index in [1.54, 1.807) is 16.9 Å². The Morgan fingerprint density at radius 1 is 1.33 bits per heavy atom. The van der Waals surface area contributed by atoms with E-state index >= 15 is 0 Å². The molecule has 2 aromatic rings. The Labute approximate surface area is 159 Å². The Bertz CT molecular complexity index is 833. The van der Waals surface area contributed by atoms with E-state index in [1.807, 2.05) is 6.07 Å². The first-order chi connectivity index (χ1) is 12.7. The lowest BCUT2D eigenvalue weighted by Crippen LogP contribution is -2.53. The molecule has 146 valence electrons. The van der Waals surface area contributed by atoms with Gasteiger partial charge in [-0.05, 0) is 38.0 Å². The molecule has 5 nitrogen and oxygen atoms in total. The van der Waals surface area contributed by atoms with Crippen molar-refractivity contribution in [2.45, 2.75) is 37.7 Å². The molecule has 1 aliphatic rings. The largest absolute Gasteiger partial charge is 0.375 e. The Kier molecular flexibility index (Phi) is 5.48. The van der Waals surface area contributed by atoms with Crippen molar-refractivity contribution < 1.29 is 23.1 Å². The lowest BCUT2D eigenvalue weighted by Gasteiger charge is -2.36. The van der Waals surface area contributed by atoms with Crippen LogP contribution in [0.3, 0.4) is 0 Å². The predicted molar refractivity (Wildman–Crippen MR) is 93.7 cm³/mol. The SMILES string of the molecule is C[C@@](O)(C(=O)N1CCC(c2ccnn2-c2ccc(Cl)c(F)c2)CC1)C(F)F. The maximum atomic E-state index is 13.8. The van der Waals surface area contributed by atoms with Gasteiger partial charge in [-0.3, -0.25) is 4.79 Å². The maximum absolute atomic E-state index is 13.8. The molecule has 3 rings (SSSR count). The minimum absolute atomic E-state index is 0.0189. The summed E-state index contributed by atoms with van der Waals surface area (Å²) in [7, 11) is 0. The van der Waals surface area contributed by atoms with Crippen LogP contribution in [0.5, 0.6) is 0 Å². The zero-order valence-corrected chi connectivity index (χ0v) is 15.3. The van der Waals surface area contributed by atoms with Gasteiger partial charge in [0.2, 0.25) is 5.60 Å². The number of likely N-dealkylation sites (tertiary alicyclic amines) is 1. The summed E-state index contributed by atoms with van der Waals surface area (Å²) in [6.07, 6.45) is -0.510. The van der Waals surface area contributed by atoms with Crippen LogP contribution < -0.4 is 0 Å². The number of carbonyl (C=O) groups excluding carboxylic acids is 1. The minimum atomic E-state index is -3.15. The first-order valence-electron chi connectivity index (χ1n) is 8.51. The molecule has 1 saturated heterocycles. The number of aromatic nitrogens is 2. The lowest BCUT2D eigenvalue weighted by atomic mass is 9.92. The Morgan fingerprint density at radius 2 is 2.00 bits per heavy atom. The molecule has 1 N–H and O–H groups in total. The van der Waals surface area contributed by atoms with Gasteiger partial charge in [-0.15, -0.1) is 0 Å². The Morgan fingerprint density at radius 3 is 2.59 bits per heavy atom. The van der Waals surface area contributed by atoms with Gasteiger partial charge < -0.3 is 10.0 Å². The van der Waals surface area contributed by atoms with Crippen LogP contribution in [0.25, 0.3) is 5.69 Å². The number of hydrogen-bond acceptors (Lipinski definition) is 3. The fourth-order valence-electron chi connectivity index (χ4n) is 3.25. The summed E-state index contributed by atoms with van der Waals surface area (Å²) >= 11 is 5.72. The van der Waals surface area contributed by atoms with Gasteiger partial charge in [-0.2, -0.15) is 5.10 Å². The standard InChI is InChI=1S/C18H19ClF3N3O2/c1-18(27,16(21)22)17(26)24-8-5-11(6-9-24)15-4-7-23-25(15)12-2-3-13(19)14(20)10-12/h2-4,7,10-11,16,27H,5-6,8-9H2,1H3/t18-/m0/s1. The molecule has 1 aromatic carbocycles. The van der Waals surface area contributed by atoms with E-state index in [0.29, 0.717) is 18.5 Å². The molecule has 1 atom stereocenters. The minimum Gasteiger partial charge on any atom is -0.375 e. The van der Waals surface area contributed by atoms with Crippen molar-refractivity contribution in [1.29, 1.82) is 0 Å². The summed E-state index contributed by atoms with van der Waals surface area (Å²) in [6, 6.07) is 6.20. The molecule has 1 amide bonds. The molecule has 0 spiro atoms. The molecule has 0 bridgehead atoms. The van der Waals surface area contributed by atoms with Gasteiger partial charge in [0.15, 0.2) is 0 Å². The number of piperidine rings is 1. The summed E-state index contributed by atoms with van der Waals surface area (Å²) < 4.78 is 41.1. The average molecular weight is 402 g/mol. The van der Waals surface area contributed by atoms with E-state index in [2.05, 4.69) is 5.10 Å². The molecule has 1 aliphatic heterocycles. The third-order valence-electron chi connectivity index (χ3n) is 4.88. The highest BCUT2D eigenvalue weighted by atomic mass is 35.5. The predicted octanol–water partition coefficient (Wildman–Crippen LogP) is 3.39. The maximum Gasteiger partial charge on any atom is 0.275 e. The van der Waals surface area contributed by atoms with Crippen molar-refractivity contribution in [3.8, 4) is 5.69 Å². The number of hydrogen-bond donors (Lipinski definition) is 1. The number of benzene rings is 1. The fourth-order valence-corrected chi connectivity index (χ4v) is 3.36. The summed E-state index contributed by atoms with van der Waals surface area (Å²) in [5.41, 5.74) is -1.32. The van der Waals surface area contributed by atoms with Crippen molar-refractivity contribution in [3.05, 3.63) is 47.0 Å². The van der Waals surface area contributed by atoms with Crippen LogP contribution in [0.4, 0.5) is 13.2 Å². The van der Waals surface area contributed by atoms with Crippen molar-refractivity contribution in [2.75, 3.05) is 13.1 Å². The number of rotatable bonds is 4. The molecule has 0 radical (unpaired) electrons. The van der Waals surface area contributed by atoms with E-state index in [1.165, 1.54) is 17.0 Å². The molecular formula is C18H19ClF3N3O2. The molecular weight excluding hydrogens is 383 g/mol. The van der Waals surface area contributed by atoms with Crippen LogP contribution in [0.1, 0.15) is 31.4 Å². The van der Waals surface area contributed by atoms with Gasteiger partial charge in [0, 0.05) is 37.0 Å². The summed E-state index contributed by atoms with van der Waals surface area (Å²) in [6.45, 7) is 1.31. The van der Waals surface area contributed by atoms with Crippen molar-refractivity contribution in [3.63, 3.8) is 0 Å². The highest BCUT2D eigenvalue weighted by molar-refractivity contribution is 6.30. The molecule has 1 aromatic heterocycles. The van der Waals surface area contributed by atoms with Gasteiger partial charge in [-0.25, -0.2) is 17.9 Å².